The van der Waals surface area contributed by atoms with Crippen molar-refractivity contribution in [2.24, 2.45) is 0 Å². The van der Waals surface area contributed by atoms with Gasteiger partial charge in [0.25, 0.3) is 0 Å². The summed E-state index contributed by atoms with van der Waals surface area (Å²) < 4.78 is 5.35. The van der Waals surface area contributed by atoms with Crippen LogP contribution in [0.2, 0.25) is 5.02 Å². The van der Waals surface area contributed by atoms with Crippen molar-refractivity contribution in [3.05, 3.63) is 34.3 Å². The molecule has 2 N–H and O–H groups in total. The summed E-state index contributed by atoms with van der Waals surface area (Å²) in [4.78, 5) is 14.3. The van der Waals surface area contributed by atoms with Crippen LogP contribution in [0.5, 0.6) is 0 Å². The summed E-state index contributed by atoms with van der Waals surface area (Å²) >= 11 is 6.08. The molecule has 3 atom stereocenters. The Balaban J connectivity index is 1.62. The molecule has 0 aromatic heterocycles. The minimum atomic E-state index is -0.507. The summed E-state index contributed by atoms with van der Waals surface area (Å²) in [6.07, 6.45) is 1.82. The zero-order valence-corrected chi connectivity index (χ0v) is 15.8. The maximum atomic E-state index is 12.0. The van der Waals surface area contributed by atoms with Crippen LogP contribution in [0.3, 0.4) is 0 Å². The van der Waals surface area contributed by atoms with Crippen molar-refractivity contribution in [1.82, 2.24) is 10.2 Å². The van der Waals surface area contributed by atoms with Crippen molar-refractivity contribution < 1.29 is 14.6 Å². The Kier molecular flexibility index (Phi) is 5.28. The topological polar surface area (TPSA) is 61.8 Å². The van der Waals surface area contributed by atoms with E-state index in [-0.39, 0.29) is 18.2 Å². The average Bonchev–Trinajstić information content (AvgIpc) is 2.82. The summed E-state index contributed by atoms with van der Waals surface area (Å²) in [7, 11) is 0. The highest BCUT2D eigenvalue weighted by Gasteiger charge is 2.37. The third-order valence-electron chi connectivity index (χ3n) is 4.86. The van der Waals surface area contributed by atoms with Crippen molar-refractivity contribution in [3.8, 4) is 0 Å². The number of nitrogens with zero attached hydrogens (tertiary/aromatic N) is 1. The number of alkyl carbamates (subject to hydrolysis) is 1. The quantitative estimate of drug-likeness (QED) is 0.843. The smallest absolute Gasteiger partial charge is 0.407 e. The van der Waals surface area contributed by atoms with Gasteiger partial charge in [-0.1, -0.05) is 17.7 Å². The molecule has 1 aromatic rings. The second-order valence-electron chi connectivity index (χ2n) is 8.04. The molecule has 1 aliphatic carbocycles. The molecule has 1 heterocycles. The van der Waals surface area contributed by atoms with E-state index in [4.69, 9.17) is 16.3 Å². The first-order valence-electron chi connectivity index (χ1n) is 8.93. The molecule has 6 heteroatoms. The number of benzene rings is 1. The SMILES string of the molecule is CC(C)(C)OC(=O)N[C@@H]1CCCN(C2Cc3cc(Cl)ccc3C2O)C1. The highest BCUT2D eigenvalue weighted by molar-refractivity contribution is 6.30. The van der Waals surface area contributed by atoms with Crippen molar-refractivity contribution in [1.29, 1.82) is 0 Å². The number of halogens is 1. The lowest BCUT2D eigenvalue weighted by Crippen LogP contribution is -2.52. The molecule has 2 unspecified atom stereocenters. The van der Waals surface area contributed by atoms with Gasteiger partial charge in [0.2, 0.25) is 0 Å². The number of hydrogen-bond donors (Lipinski definition) is 2. The van der Waals surface area contributed by atoms with Crippen molar-refractivity contribution in [3.63, 3.8) is 0 Å². The fourth-order valence-electron chi connectivity index (χ4n) is 3.81. The number of aliphatic hydroxyl groups excluding tert-OH is 1. The number of rotatable bonds is 2. The molecule has 25 heavy (non-hydrogen) atoms. The molecule has 0 spiro atoms. The summed E-state index contributed by atoms with van der Waals surface area (Å²) in [6, 6.07) is 5.78. The summed E-state index contributed by atoms with van der Waals surface area (Å²) in [5.74, 6) is 0. The Hall–Kier alpha value is -1.30. The fraction of sp³-hybridized carbons (Fsp3) is 0.632. The number of hydrogen-bond acceptors (Lipinski definition) is 4. The van der Waals surface area contributed by atoms with E-state index in [2.05, 4.69) is 10.2 Å². The molecule has 138 valence electrons. The molecule has 5 nitrogen and oxygen atoms in total. The van der Waals surface area contributed by atoms with Gasteiger partial charge in [-0.25, -0.2) is 4.79 Å². The number of aliphatic hydroxyl groups is 1. The minimum absolute atomic E-state index is 0.0386. The third-order valence-corrected chi connectivity index (χ3v) is 5.09. The van der Waals surface area contributed by atoms with E-state index in [0.717, 1.165) is 43.5 Å². The van der Waals surface area contributed by atoms with Crippen LogP contribution in [0.4, 0.5) is 4.79 Å². The Morgan fingerprint density at radius 1 is 1.40 bits per heavy atom. The number of nitrogens with one attached hydrogen (secondary N) is 1. The Morgan fingerprint density at radius 2 is 2.16 bits per heavy atom. The van der Waals surface area contributed by atoms with Gasteiger partial charge in [-0.15, -0.1) is 0 Å². The average molecular weight is 367 g/mol. The van der Waals surface area contributed by atoms with Gasteiger partial charge in [0.05, 0.1) is 6.10 Å². The van der Waals surface area contributed by atoms with E-state index in [1.807, 2.05) is 39.0 Å². The highest BCUT2D eigenvalue weighted by atomic mass is 35.5. The Morgan fingerprint density at radius 3 is 2.88 bits per heavy atom. The van der Waals surface area contributed by atoms with Crippen molar-refractivity contribution in [2.45, 2.75) is 63.8 Å². The molecule has 0 saturated carbocycles. The number of likely N-dealkylation sites (tertiary alicyclic amines) is 1. The summed E-state index contributed by atoms with van der Waals surface area (Å²) in [5.41, 5.74) is 1.59. The number of carbonyl (C=O) groups excluding carboxylic acids is 1. The molecule has 0 bridgehead atoms. The van der Waals surface area contributed by atoms with Crippen LogP contribution in [0, 0.1) is 0 Å². The predicted molar refractivity (Wildman–Crippen MR) is 97.9 cm³/mol. The Bertz CT molecular complexity index is 644. The monoisotopic (exact) mass is 366 g/mol. The van der Waals surface area contributed by atoms with E-state index in [1.165, 1.54) is 0 Å². The molecule has 2 aliphatic rings. The van der Waals surface area contributed by atoms with Crippen LogP contribution < -0.4 is 5.32 Å². The normalized spacial score (nSPS) is 27.0. The summed E-state index contributed by atoms with van der Waals surface area (Å²) in [5, 5.41) is 14.4. The lowest BCUT2D eigenvalue weighted by atomic mass is 10.0. The van der Waals surface area contributed by atoms with Crippen LogP contribution in [-0.4, -0.2) is 46.9 Å². The molecule has 1 amide bonds. The van der Waals surface area contributed by atoms with E-state index in [0.29, 0.717) is 5.02 Å². The first kappa shape index (κ1) is 18.5. The second kappa shape index (κ2) is 7.14. The van der Waals surface area contributed by atoms with Gasteiger partial charge in [0.15, 0.2) is 0 Å². The molecule has 0 radical (unpaired) electrons. The fourth-order valence-corrected chi connectivity index (χ4v) is 4.01. The predicted octanol–water partition coefficient (Wildman–Crippen LogP) is 3.29. The highest BCUT2D eigenvalue weighted by Crippen LogP contribution is 2.36. The van der Waals surface area contributed by atoms with Crippen molar-refractivity contribution in [2.75, 3.05) is 13.1 Å². The zero-order chi connectivity index (χ0) is 18.2. The van der Waals surface area contributed by atoms with Gasteiger partial charge < -0.3 is 15.2 Å². The number of piperidine rings is 1. The van der Waals surface area contributed by atoms with E-state index in [9.17, 15) is 9.90 Å². The third kappa shape index (κ3) is 4.46. The van der Waals surface area contributed by atoms with Gasteiger partial charge >= 0.3 is 6.09 Å². The lowest BCUT2D eigenvalue weighted by Gasteiger charge is -2.38. The molecule has 1 aliphatic heterocycles. The molecule has 1 aromatic carbocycles. The first-order valence-corrected chi connectivity index (χ1v) is 9.31. The summed E-state index contributed by atoms with van der Waals surface area (Å²) in [6.45, 7) is 7.23. The molecule has 3 rings (SSSR count). The largest absolute Gasteiger partial charge is 0.444 e. The maximum Gasteiger partial charge on any atom is 0.407 e. The number of fused-ring (bicyclic) bond motifs is 1. The standard InChI is InChI=1S/C19H27ClN2O3/c1-19(2,3)25-18(24)21-14-5-4-8-22(11-14)16-10-12-9-13(20)6-7-15(12)17(16)23/h6-7,9,14,16-17,23H,4-5,8,10-11H2,1-3H3,(H,21,24)/t14-,16?,17?/m1/s1. The van der Waals surface area contributed by atoms with E-state index < -0.39 is 11.7 Å². The van der Waals surface area contributed by atoms with Gasteiger partial charge in [-0.3, -0.25) is 4.90 Å². The van der Waals surface area contributed by atoms with E-state index in [1.54, 1.807) is 0 Å². The van der Waals surface area contributed by atoms with Gasteiger partial charge in [0, 0.05) is 23.7 Å². The first-order chi connectivity index (χ1) is 11.7. The van der Waals surface area contributed by atoms with Crippen LogP contribution in [0.1, 0.15) is 50.8 Å². The van der Waals surface area contributed by atoms with Crippen molar-refractivity contribution >= 4 is 17.7 Å². The second-order valence-corrected chi connectivity index (χ2v) is 8.48. The number of amides is 1. The zero-order valence-electron chi connectivity index (χ0n) is 15.1. The van der Waals surface area contributed by atoms with Gasteiger partial charge in [0.1, 0.15) is 5.60 Å². The minimum Gasteiger partial charge on any atom is -0.444 e. The van der Waals surface area contributed by atoms with E-state index >= 15 is 0 Å². The van der Waals surface area contributed by atoms with Crippen LogP contribution in [-0.2, 0) is 11.2 Å². The van der Waals surface area contributed by atoms with Gasteiger partial charge in [-0.05, 0) is 69.8 Å². The van der Waals surface area contributed by atoms with Crippen LogP contribution >= 0.6 is 11.6 Å². The van der Waals surface area contributed by atoms with Gasteiger partial charge in [-0.2, -0.15) is 0 Å². The number of ether oxygens (including phenoxy) is 1. The maximum absolute atomic E-state index is 12.0. The molecule has 1 fully saturated rings. The molecular weight excluding hydrogens is 340 g/mol. The Labute approximate surface area is 154 Å². The molecular formula is C19H27ClN2O3. The van der Waals surface area contributed by atoms with Crippen LogP contribution in [0.25, 0.3) is 0 Å². The number of carbonyl (C=O) groups is 1. The molecule has 1 saturated heterocycles. The lowest BCUT2D eigenvalue weighted by molar-refractivity contribution is 0.0301. The van der Waals surface area contributed by atoms with Crippen LogP contribution in [0.15, 0.2) is 18.2 Å².